The van der Waals surface area contributed by atoms with Crippen LogP contribution >= 0.6 is 11.6 Å². The van der Waals surface area contributed by atoms with Crippen molar-refractivity contribution in [3.63, 3.8) is 0 Å². The molecular weight excluding hydrogens is 368 g/mol. The zero-order chi connectivity index (χ0) is 20.1. The summed E-state index contributed by atoms with van der Waals surface area (Å²) in [5.74, 6) is 0.202. The predicted octanol–water partition coefficient (Wildman–Crippen LogP) is 2.12. The number of guanidine groups is 2. The first kappa shape index (κ1) is 20.5. The molecule has 1 aromatic carbocycles. The molecule has 0 aliphatic carbocycles. The van der Waals surface area contributed by atoms with Gasteiger partial charge in [0.1, 0.15) is 11.9 Å². The number of hydrogen-bond donors (Lipinski definition) is 4. The summed E-state index contributed by atoms with van der Waals surface area (Å²) in [6, 6.07) is 7.53. The summed E-state index contributed by atoms with van der Waals surface area (Å²) >= 11 is 5.87. The van der Waals surface area contributed by atoms with E-state index in [9.17, 15) is 5.11 Å². The Kier molecular flexibility index (Phi) is 6.59. The number of rotatable bonds is 1. The fourth-order valence-corrected chi connectivity index (χ4v) is 2.56. The summed E-state index contributed by atoms with van der Waals surface area (Å²) in [6.07, 6.45) is 1.60. The molecule has 144 valence electrons. The van der Waals surface area contributed by atoms with Gasteiger partial charge >= 0.3 is 0 Å². The van der Waals surface area contributed by atoms with Crippen molar-refractivity contribution >= 4 is 23.5 Å². The molecule has 0 radical (unpaired) electrons. The lowest BCUT2D eigenvalue weighted by atomic mass is 10.0. The third-order valence-corrected chi connectivity index (χ3v) is 4.13. The summed E-state index contributed by atoms with van der Waals surface area (Å²) in [4.78, 5) is 9.15. The van der Waals surface area contributed by atoms with E-state index in [-0.39, 0.29) is 23.8 Å². The molecule has 2 aromatic rings. The van der Waals surface area contributed by atoms with Crippen molar-refractivity contribution in [2.45, 2.75) is 19.6 Å². The van der Waals surface area contributed by atoms with Gasteiger partial charge in [-0.25, -0.2) is 0 Å². The minimum absolute atomic E-state index is 0.0509. The van der Waals surface area contributed by atoms with Crippen molar-refractivity contribution in [3.8, 4) is 5.75 Å². The van der Waals surface area contributed by atoms with E-state index in [1.807, 2.05) is 24.3 Å². The molecule has 1 unspecified atom stereocenters. The summed E-state index contributed by atoms with van der Waals surface area (Å²) in [7, 11) is 3.38. The Morgan fingerprint density at radius 1 is 1.33 bits per heavy atom. The van der Waals surface area contributed by atoms with Gasteiger partial charge < -0.3 is 26.2 Å². The monoisotopic (exact) mass is 390 g/mol. The van der Waals surface area contributed by atoms with E-state index >= 15 is 0 Å². The molecule has 2 heterocycles. The first-order valence-electron chi connectivity index (χ1n) is 8.10. The topological polar surface area (TPSA) is 134 Å². The van der Waals surface area contributed by atoms with Crippen molar-refractivity contribution in [2.24, 2.45) is 16.5 Å². The number of aromatic hydroxyl groups is 1. The van der Waals surface area contributed by atoms with Crippen LogP contribution in [0.3, 0.4) is 0 Å². The maximum atomic E-state index is 9.96. The molecule has 27 heavy (non-hydrogen) atoms. The average molecular weight is 391 g/mol. The van der Waals surface area contributed by atoms with E-state index < -0.39 is 0 Å². The molecule has 1 aromatic heterocycles. The Morgan fingerprint density at radius 2 is 1.96 bits per heavy atom. The number of aryl methyl sites for hydroxylation is 1. The first-order valence-corrected chi connectivity index (χ1v) is 8.48. The van der Waals surface area contributed by atoms with Crippen LogP contribution in [0.25, 0.3) is 0 Å². The van der Waals surface area contributed by atoms with Crippen LogP contribution < -0.4 is 11.5 Å². The lowest BCUT2D eigenvalue weighted by Gasteiger charge is -2.11. The normalized spacial score (nSPS) is 14.6. The minimum atomic E-state index is -0.170. The fraction of sp³-hybridized carbons (Fsp3) is 0.278. The Morgan fingerprint density at radius 3 is 2.48 bits per heavy atom. The van der Waals surface area contributed by atoms with Crippen LogP contribution in [0.1, 0.15) is 28.5 Å². The number of nitrogens with two attached hydrogens (primary N) is 2. The number of nitrogens with zero attached hydrogens (tertiary/aromatic N) is 3. The highest BCUT2D eigenvalue weighted by atomic mass is 35.5. The number of pyridine rings is 1. The molecule has 3 rings (SSSR count). The molecule has 1 aliphatic rings. The van der Waals surface area contributed by atoms with Gasteiger partial charge in [-0.15, -0.1) is 0 Å². The second-order valence-electron chi connectivity index (χ2n) is 6.12. The Hall–Kier alpha value is -2.84. The number of halogens is 1. The predicted molar refractivity (Wildman–Crippen MR) is 106 cm³/mol. The van der Waals surface area contributed by atoms with Gasteiger partial charge in [0.15, 0.2) is 5.96 Å². The van der Waals surface area contributed by atoms with Crippen LogP contribution in [0.15, 0.2) is 35.5 Å². The third-order valence-electron chi connectivity index (χ3n) is 3.88. The highest BCUT2D eigenvalue weighted by Gasteiger charge is 2.28. The van der Waals surface area contributed by atoms with Gasteiger partial charge in [0, 0.05) is 36.4 Å². The van der Waals surface area contributed by atoms with E-state index in [1.165, 1.54) is 4.90 Å². The number of benzene rings is 1. The molecule has 0 saturated carbocycles. The van der Waals surface area contributed by atoms with E-state index in [4.69, 9.17) is 33.2 Å². The van der Waals surface area contributed by atoms with E-state index in [1.54, 1.807) is 27.2 Å². The summed E-state index contributed by atoms with van der Waals surface area (Å²) in [5, 5.41) is 17.7. The smallest absolute Gasteiger partial charge is 0.220 e. The van der Waals surface area contributed by atoms with Gasteiger partial charge in [-0.2, -0.15) is 4.99 Å². The van der Waals surface area contributed by atoms with Crippen molar-refractivity contribution in [2.75, 3.05) is 14.1 Å². The van der Waals surface area contributed by atoms with Gasteiger partial charge in [0.05, 0.1) is 12.3 Å². The van der Waals surface area contributed by atoms with Crippen LogP contribution in [0.2, 0.25) is 5.02 Å². The zero-order valence-electron chi connectivity index (χ0n) is 15.4. The first-order chi connectivity index (χ1) is 12.7. The maximum absolute atomic E-state index is 9.96. The number of aliphatic imine (C=N–C) groups is 1. The minimum Gasteiger partial charge on any atom is -0.506 e. The summed E-state index contributed by atoms with van der Waals surface area (Å²) in [5.41, 5.74) is 13.4. The average Bonchev–Trinajstić information content (AvgIpc) is 3.03. The second-order valence-corrected chi connectivity index (χ2v) is 6.56. The zero-order valence-corrected chi connectivity index (χ0v) is 16.2. The molecule has 0 saturated heterocycles. The fourth-order valence-electron chi connectivity index (χ4n) is 2.43. The molecule has 6 N–H and O–H groups in total. The van der Waals surface area contributed by atoms with Gasteiger partial charge in [0.25, 0.3) is 0 Å². The standard InChI is InChI=1S/C14H12ClNO2.C4H11N5/c1-8-13(17)12-7-18-14(11(12)6-16-8)9-2-4-10(15)5-3-9;1-9(2)4(7)8-3(5)6/h2-6,14,17H,7H2,1H3;1-2H3,(H5,5,6,7,8). The van der Waals surface area contributed by atoms with Gasteiger partial charge in [-0.3, -0.25) is 10.4 Å². The molecule has 0 spiro atoms. The molecule has 0 bridgehead atoms. The van der Waals surface area contributed by atoms with Crippen LogP contribution in [0.5, 0.6) is 5.75 Å². The Bertz CT molecular complexity index is 848. The molecule has 1 atom stereocenters. The number of fused-ring (bicyclic) bond motifs is 1. The highest BCUT2D eigenvalue weighted by molar-refractivity contribution is 6.30. The number of aromatic nitrogens is 1. The number of hydrogen-bond acceptors (Lipinski definition) is 4. The largest absolute Gasteiger partial charge is 0.506 e. The molecule has 0 amide bonds. The third kappa shape index (κ3) is 5.08. The van der Waals surface area contributed by atoms with Crippen LogP contribution in [0, 0.1) is 12.3 Å². The second kappa shape index (κ2) is 8.70. The van der Waals surface area contributed by atoms with E-state index in [0.717, 1.165) is 16.7 Å². The molecule has 0 fully saturated rings. The van der Waals surface area contributed by atoms with Crippen LogP contribution in [-0.2, 0) is 11.3 Å². The van der Waals surface area contributed by atoms with Gasteiger partial charge in [-0.1, -0.05) is 23.7 Å². The Labute approximate surface area is 162 Å². The quantitative estimate of drug-likeness (QED) is 0.435. The highest BCUT2D eigenvalue weighted by Crippen LogP contribution is 2.40. The molecule has 8 nitrogen and oxygen atoms in total. The lowest BCUT2D eigenvalue weighted by molar-refractivity contribution is 0.0932. The van der Waals surface area contributed by atoms with Gasteiger partial charge in [0.2, 0.25) is 5.96 Å². The van der Waals surface area contributed by atoms with Gasteiger partial charge in [-0.05, 0) is 24.6 Å². The SMILES string of the molecule is CN(C)C(=N)N=C(N)N.Cc1ncc2c(c1O)COC2c1ccc(Cl)cc1. The van der Waals surface area contributed by atoms with E-state index in [0.29, 0.717) is 17.3 Å². The maximum Gasteiger partial charge on any atom is 0.220 e. The number of ether oxygens (including phenoxy) is 1. The van der Waals surface area contributed by atoms with Crippen molar-refractivity contribution < 1.29 is 9.84 Å². The van der Waals surface area contributed by atoms with Crippen LogP contribution in [0.4, 0.5) is 0 Å². The van der Waals surface area contributed by atoms with Crippen LogP contribution in [-0.4, -0.2) is 41.0 Å². The van der Waals surface area contributed by atoms with Crippen molar-refractivity contribution in [3.05, 3.63) is 57.9 Å². The number of nitrogens with one attached hydrogen (secondary N) is 1. The Balaban J connectivity index is 0.000000249. The van der Waals surface area contributed by atoms with E-state index in [2.05, 4.69) is 9.98 Å². The summed E-state index contributed by atoms with van der Waals surface area (Å²) in [6.45, 7) is 2.20. The van der Waals surface area contributed by atoms with Crippen molar-refractivity contribution in [1.82, 2.24) is 9.88 Å². The lowest BCUT2D eigenvalue weighted by Crippen LogP contribution is -2.28. The summed E-state index contributed by atoms with van der Waals surface area (Å²) < 4.78 is 5.74. The molecule has 9 heteroatoms. The molecular formula is C18H23ClN6O2. The molecule has 1 aliphatic heterocycles. The van der Waals surface area contributed by atoms with Crippen molar-refractivity contribution in [1.29, 1.82) is 5.41 Å².